The van der Waals surface area contributed by atoms with E-state index in [1.54, 1.807) is 20.8 Å². The minimum atomic E-state index is -3.85. The van der Waals surface area contributed by atoms with Gasteiger partial charge in [-0.1, -0.05) is 0 Å². The van der Waals surface area contributed by atoms with Crippen molar-refractivity contribution in [2.24, 2.45) is 0 Å². The fourth-order valence-corrected chi connectivity index (χ4v) is 3.15. The molecule has 1 unspecified atom stereocenters. The highest BCUT2D eigenvalue weighted by molar-refractivity contribution is 7.52. The quantitative estimate of drug-likeness (QED) is 0.309. The number of rotatable bonds is 9. The van der Waals surface area contributed by atoms with Crippen LogP contribution in [0.15, 0.2) is 24.3 Å². The zero-order chi connectivity index (χ0) is 18.3. The van der Waals surface area contributed by atoms with E-state index in [1.807, 2.05) is 0 Å². The molecular formula is C14H21N2O7P. The zero-order valence-electron chi connectivity index (χ0n) is 13.9. The standard InChI is InChI=1S/C14H21N2O7P/c1-5-21-24(20,15-11(4)14(17)22-10(2)3)23-13-8-6-12(7-9-13)16(18)19/h6-11H,5H2,1-4H3,(H,15,20)/t11-,24?/m0/s1. The van der Waals surface area contributed by atoms with Crippen LogP contribution in [0.2, 0.25) is 0 Å². The number of non-ortho nitro benzene ring substituents is 1. The number of esters is 1. The molecule has 0 saturated heterocycles. The summed E-state index contributed by atoms with van der Waals surface area (Å²) >= 11 is 0. The van der Waals surface area contributed by atoms with E-state index in [0.717, 1.165) is 0 Å². The lowest BCUT2D eigenvalue weighted by Gasteiger charge is -2.22. The number of nitro benzene ring substituents is 1. The maximum Gasteiger partial charge on any atom is 0.459 e. The first-order chi connectivity index (χ1) is 11.2. The van der Waals surface area contributed by atoms with E-state index in [-0.39, 0.29) is 24.1 Å². The SMILES string of the molecule is CCOP(=O)(N[C@@H](C)C(=O)OC(C)C)Oc1ccc([N+](=O)[O-])cc1. The van der Waals surface area contributed by atoms with Crippen molar-refractivity contribution in [1.82, 2.24) is 5.09 Å². The van der Waals surface area contributed by atoms with Crippen molar-refractivity contribution in [2.45, 2.75) is 39.8 Å². The molecule has 1 aromatic carbocycles. The number of hydrogen-bond acceptors (Lipinski definition) is 7. The summed E-state index contributed by atoms with van der Waals surface area (Å²) in [4.78, 5) is 21.9. The van der Waals surface area contributed by atoms with E-state index in [2.05, 4.69) is 5.09 Å². The molecule has 0 aliphatic carbocycles. The summed E-state index contributed by atoms with van der Waals surface area (Å²) in [5.41, 5.74) is -0.129. The Morgan fingerprint density at radius 3 is 2.33 bits per heavy atom. The first-order valence-corrected chi connectivity index (χ1v) is 8.88. The van der Waals surface area contributed by atoms with Gasteiger partial charge in [-0.05, 0) is 39.8 Å². The molecule has 134 valence electrons. The van der Waals surface area contributed by atoms with Crippen LogP contribution in [0.3, 0.4) is 0 Å². The van der Waals surface area contributed by atoms with Gasteiger partial charge >= 0.3 is 13.7 Å². The van der Waals surface area contributed by atoms with Crippen molar-refractivity contribution in [3.8, 4) is 5.75 Å². The number of nitrogens with one attached hydrogen (secondary N) is 1. The van der Waals surface area contributed by atoms with E-state index in [0.29, 0.717) is 0 Å². The van der Waals surface area contributed by atoms with E-state index in [4.69, 9.17) is 13.8 Å². The normalized spacial score (nSPS) is 14.7. The molecule has 1 N–H and O–H groups in total. The highest BCUT2D eigenvalue weighted by Gasteiger charge is 2.32. The Balaban J connectivity index is 2.85. The Labute approximate surface area is 140 Å². The van der Waals surface area contributed by atoms with Gasteiger partial charge in [0, 0.05) is 12.1 Å². The Morgan fingerprint density at radius 2 is 1.88 bits per heavy atom. The second-order valence-corrected chi connectivity index (χ2v) is 6.79. The molecule has 1 rings (SSSR count). The van der Waals surface area contributed by atoms with E-state index >= 15 is 0 Å². The number of benzene rings is 1. The summed E-state index contributed by atoms with van der Waals surface area (Å²) in [6, 6.07) is 4.08. The fourth-order valence-electron chi connectivity index (χ4n) is 1.65. The lowest BCUT2D eigenvalue weighted by molar-refractivity contribution is -0.384. The number of carbonyl (C=O) groups is 1. The summed E-state index contributed by atoms with van der Waals surface area (Å²) in [6.45, 7) is 6.55. The predicted molar refractivity (Wildman–Crippen MR) is 86.8 cm³/mol. The molecule has 0 aliphatic heterocycles. The Bertz CT molecular complexity index is 618. The van der Waals surface area contributed by atoms with Gasteiger partial charge in [-0.2, -0.15) is 5.09 Å². The summed E-state index contributed by atoms with van der Waals surface area (Å²) in [6.07, 6.45) is -0.316. The van der Waals surface area contributed by atoms with Crippen LogP contribution in [0.4, 0.5) is 5.69 Å². The van der Waals surface area contributed by atoms with Gasteiger partial charge in [0.1, 0.15) is 11.8 Å². The minimum absolute atomic E-state index is 0.0726. The first-order valence-electron chi connectivity index (χ1n) is 7.33. The molecule has 0 bridgehead atoms. The maximum atomic E-state index is 12.7. The Hall–Kier alpha value is -1.96. The first kappa shape index (κ1) is 20.1. The van der Waals surface area contributed by atoms with E-state index < -0.39 is 24.7 Å². The van der Waals surface area contributed by atoms with Crippen molar-refractivity contribution in [1.29, 1.82) is 0 Å². The van der Waals surface area contributed by atoms with Gasteiger partial charge in [-0.15, -0.1) is 0 Å². The molecular weight excluding hydrogens is 339 g/mol. The molecule has 2 atom stereocenters. The fraction of sp³-hybridized carbons (Fsp3) is 0.500. The van der Waals surface area contributed by atoms with Crippen molar-refractivity contribution < 1.29 is 28.1 Å². The van der Waals surface area contributed by atoms with E-state index in [9.17, 15) is 19.5 Å². The second kappa shape index (κ2) is 8.77. The summed E-state index contributed by atoms with van der Waals surface area (Å²) < 4.78 is 28.1. The Morgan fingerprint density at radius 1 is 1.29 bits per heavy atom. The van der Waals surface area contributed by atoms with Gasteiger partial charge in [-0.25, -0.2) is 4.57 Å². The van der Waals surface area contributed by atoms with Gasteiger partial charge in [0.25, 0.3) is 5.69 Å². The van der Waals surface area contributed by atoms with Crippen molar-refractivity contribution in [3.05, 3.63) is 34.4 Å². The maximum absolute atomic E-state index is 12.7. The van der Waals surface area contributed by atoms with Crippen molar-refractivity contribution in [2.75, 3.05) is 6.61 Å². The van der Waals surface area contributed by atoms with Crippen LogP contribution in [-0.2, 0) is 18.6 Å². The molecule has 0 aromatic heterocycles. The molecule has 0 amide bonds. The van der Waals surface area contributed by atoms with Gasteiger partial charge in [0.05, 0.1) is 17.6 Å². The average molecular weight is 360 g/mol. The molecule has 1 aromatic rings. The number of ether oxygens (including phenoxy) is 1. The largest absolute Gasteiger partial charge is 0.462 e. The summed E-state index contributed by atoms with van der Waals surface area (Å²) in [7, 11) is -3.85. The molecule has 10 heteroatoms. The molecule has 24 heavy (non-hydrogen) atoms. The summed E-state index contributed by atoms with van der Waals surface area (Å²) in [5.74, 6) is -0.494. The van der Waals surface area contributed by atoms with Gasteiger partial charge in [0.2, 0.25) is 0 Å². The van der Waals surface area contributed by atoms with Gasteiger partial charge in [0.15, 0.2) is 0 Å². The second-order valence-electron chi connectivity index (χ2n) is 5.09. The van der Waals surface area contributed by atoms with Crippen LogP contribution in [0, 0.1) is 10.1 Å². The molecule has 0 radical (unpaired) electrons. The smallest absolute Gasteiger partial charge is 0.459 e. The van der Waals surface area contributed by atoms with Crippen LogP contribution >= 0.6 is 7.75 Å². The lowest BCUT2D eigenvalue weighted by Crippen LogP contribution is -2.36. The summed E-state index contributed by atoms with van der Waals surface area (Å²) in [5, 5.41) is 13.1. The predicted octanol–water partition coefficient (Wildman–Crippen LogP) is 3.05. The van der Waals surface area contributed by atoms with Crippen LogP contribution in [0.25, 0.3) is 0 Å². The third kappa shape index (κ3) is 6.27. The number of carbonyl (C=O) groups excluding carboxylic acids is 1. The molecule has 0 spiro atoms. The Kier molecular flexibility index (Phi) is 7.34. The molecule has 0 heterocycles. The molecule has 9 nitrogen and oxygen atoms in total. The van der Waals surface area contributed by atoms with Crippen LogP contribution in [0.5, 0.6) is 5.75 Å². The van der Waals surface area contributed by atoms with Crippen LogP contribution in [-0.4, -0.2) is 29.6 Å². The topological polar surface area (TPSA) is 117 Å². The monoisotopic (exact) mass is 360 g/mol. The molecule has 0 aliphatic rings. The average Bonchev–Trinajstić information content (AvgIpc) is 2.46. The third-order valence-corrected chi connectivity index (χ3v) is 4.38. The van der Waals surface area contributed by atoms with Gasteiger partial charge < -0.3 is 9.26 Å². The van der Waals surface area contributed by atoms with Crippen molar-refractivity contribution in [3.63, 3.8) is 0 Å². The minimum Gasteiger partial charge on any atom is -0.462 e. The molecule has 0 saturated carbocycles. The number of hydrogen-bond donors (Lipinski definition) is 1. The number of nitrogens with zero attached hydrogens (tertiary/aromatic N) is 1. The number of nitro groups is 1. The van der Waals surface area contributed by atoms with Crippen LogP contribution in [0.1, 0.15) is 27.7 Å². The zero-order valence-corrected chi connectivity index (χ0v) is 14.8. The van der Waals surface area contributed by atoms with Gasteiger partial charge in [-0.3, -0.25) is 19.4 Å². The van der Waals surface area contributed by atoms with Crippen LogP contribution < -0.4 is 9.61 Å². The third-order valence-electron chi connectivity index (χ3n) is 2.63. The van der Waals surface area contributed by atoms with Crippen molar-refractivity contribution >= 4 is 19.4 Å². The van der Waals surface area contributed by atoms with E-state index in [1.165, 1.54) is 31.2 Å². The highest BCUT2D eigenvalue weighted by atomic mass is 31.2. The lowest BCUT2D eigenvalue weighted by atomic mass is 10.3. The highest BCUT2D eigenvalue weighted by Crippen LogP contribution is 2.45. The molecule has 0 fully saturated rings.